The van der Waals surface area contributed by atoms with Gasteiger partial charge < -0.3 is 10.6 Å². The molecule has 142 valence electrons. The summed E-state index contributed by atoms with van der Waals surface area (Å²) < 4.78 is 27.2. The zero-order valence-electron chi connectivity index (χ0n) is 15.1. The molecule has 0 fully saturated rings. The molecule has 0 spiro atoms. The summed E-state index contributed by atoms with van der Waals surface area (Å²) in [5.74, 6) is -0.402. The Morgan fingerprint density at radius 3 is 2.67 bits per heavy atom. The lowest BCUT2D eigenvalue weighted by atomic mass is 10.0. The normalized spacial score (nSPS) is 13.4. The first-order valence-corrected chi connectivity index (χ1v) is 10.1. The molecule has 0 aliphatic carbocycles. The smallest absolute Gasteiger partial charge is 0.241 e. The van der Waals surface area contributed by atoms with Crippen molar-refractivity contribution < 1.29 is 18.0 Å². The molecule has 1 aliphatic heterocycles. The van der Waals surface area contributed by atoms with Crippen LogP contribution < -0.4 is 15.4 Å². The topological polar surface area (TPSA) is 104 Å². The highest BCUT2D eigenvalue weighted by Crippen LogP contribution is 2.26. The van der Waals surface area contributed by atoms with Crippen LogP contribution in [0.2, 0.25) is 0 Å². The van der Waals surface area contributed by atoms with E-state index in [0.29, 0.717) is 16.9 Å². The monoisotopic (exact) mass is 387 g/mol. The SMILES string of the molecule is CC(C)c1ccccc1NC(=O)CNS(=O)(=O)c1ccc2c(c1)CC(=O)N2. The third-order valence-corrected chi connectivity index (χ3v) is 5.69. The molecule has 2 amide bonds. The molecule has 3 N–H and O–H groups in total. The van der Waals surface area contributed by atoms with Crippen LogP contribution in [-0.2, 0) is 26.0 Å². The van der Waals surface area contributed by atoms with Gasteiger partial charge >= 0.3 is 0 Å². The second-order valence-corrected chi connectivity index (χ2v) is 8.43. The van der Waals surface area contributed by atoms with Gasteiger partial charge in [0.05, 0.1) is 17.9 Å². The number of carbonyl (C=O) groups excluding carboxylic acids is 2. The molecule has 1 aliphatic rings. The van der Waals surface area contributed by atoms with Crippen LogP contribution in [0.3, 0.4) is 0 Å². The minimum Gasteiger partial charge on any atom is -0.326 e. The van der Waals surface area contributed by atoms with E-state index in [4.69, 9.17) is 0 Å². The van der Waals surface area contributed by atoms with Crippen molar-refractivity contribution in [3.05, 3.63) is 53.6 Å². The summed E-state index contributed by atoms with van der Waals surface area (Å²) in [6.45, 7) is 3.64. The molecule has 0 saturated heterocycles. The molecular formula is C19H21N3O4S. The standard InChI is InChI=1S/C19H21N3O4S/c1-12(2)15-5-3-4-6-17(15)22-19(24)11-20-27(25,26)14-7-8-16-13(9-14)10-18(23)21-16/h3-9,12,20H,10-11H2,1-2H3,(H,21,23)(H,22,24). The quantitative estimate of drug-likeness (QED) is 0.707. The molecule has 3 rings (SSSR count). The van der Waals surface area contributed by atoms with Crippen molar-refractivity contribution in [1.82, 2.24) is 4.72 Å². The van der Waals surface area contributed by atoms with E-state index in [2.05, 4.69) is 15.4 Å². The van der Waals surface area contributed by atoms with Crippen molar-refractivity contribution >= 4 is 33.2 Å². The first kappa shape index (κ1) is 19.1. The van der Waals surface area contributed by atoms with Gasteiger partial charge in [0.25, 0.3) is 0 Å². The van der Waals surface area contributed by atoms with E-state index < -0.39 is 15.9 Å². The Labute approximate surface area is 158 Å². The molecule has 1 heterocycles. The van der Waals surface area contributed by atoms with Crippen LogP contribution in [0.4, 0.5) is 11.4 Å². The summed E-state index contributed by atoms with van der Waals surface area (Å²) in [5, 5.41) is 5.39. The van der Waals surface area contributed by atoms with Gasteiger partial charge in [0, 0.05) is 11.4 Å². The minimum atomic E-state index is -3.86. The summed E-state index contributed by atoms with van der Waals surface area (Å²) in [5.41, 5.74) is 2.88. The number of fused-ring (bicyclic) bond motifs is 1. The molecule has 0 aromatic heterocycles. The molecular weight excluding hydrogens is 366 g/mol. The fourth-order valence-corrected chi connectivity index (χ4v) is 3.96. The maximum absolute atomic E-state index is 12.4. The fraction of sp³-hybridized carbons (Fsp3) is 0.263. The van der Waals surface area contributed by atoms with Gasteiger partial charge in [-0.1, -0.05) is 32.0 Å². The van der Waals surface area contributed by atoms with Gasteiger partial charge in [-0.05, 0) is 41.3 Å². The highest BCUT2D eigenvalue weighted by Gasteiger charge is 2.22. The second-order valence-electron chi connectivity index (χ2n) is 6.66. The first-order valence-electron chi connectivity index (χ1n) is 8.57. The van der Waals surface area contributed by atoms with Crippen molar-refractivity contribution in [2.45, 2.75) is 31.1 Å². The number of carbonyl (C=O) groups is 2. The summed E-state index contributed by atoms with van der Waals surface area (Å²) in [4.78, 5) is 23.6. The average Bonchev–Trinajstić information content (AvgIpc) is 2.99. The Bertz CT molecular complexity index is 1000. The van der Waals surface area contributed by atoms with E-state index in [9.17, 15) is 18.0 Å². The maximum atomic E-state index is 12.4. The summed E-state index contributed by atoms with van der Waals surface area (Å²) in [7, 11) is -3.86. The number of benzene rings is 2. The Morgan fingerprint density at radius 1 is 1.19 bits per heavy atom. The average molecular weight is 387 g/mol. The third-order valence-electron chi connectivity index (χ3n) is 4.29. The van der Waals surface area contributed by atoms with Crippen LogP contribution >= 0.6 is 0 Å². The number of sulfonamides is 1. The number of hydrogen-bond acceptors (Lipinski definition) is 4. The molecule has 0 unspecified atom stereocenters. The predicted octanol–water partition coefficient (Wildman–Crippen LogP) is 2.22. The third kappa shape index (κ3) is 4.35. The lowest BCUT2D eigenvalue weighted by Crippen LogP contribution is -2.33. The molecule has 27 heavy (non-hydrogen) atoms. The number of nitrogens with one attached hydrogen (secondary N) is 3. The van der Waals surface area contributed by atoms with Crippen molar-refractivity contribution in [2.75, 3.05) is 17.2 Å². The van der Waals surface area contributed by atoms with E-state index in [0.717, 1.165) is 5.56 Å². The van der Waals surface area contributed by atoms with Crippen LogP contribution in [0.25, 0.3) is 0 Å². The predicted molar refractivity (Wildman–Crippen MR) is 103 cm³/mol. The molecule has 7 nitrogen and oxygen atoms in total. The fourth-order valence-electron chi connectivity index (χ4n) is 2.93. The van der Waals surface area contributed by atoms with Gasteiger partial charge in [-0.3, -0.25) is 9.59 Å². The molecule has 0 bridgehead atoms. The van der Waals surface area contributed by atoms with Gasteiger partial charge in [0.15, 0.2) is 0 Å². The molecule has 2 aromatic carbocycles. The van der Waals surface area contributed by atoms with Gasteiger partial charge in [-0.2, -0.15) is 0 Å². The van der Waals surface area contributed by atoms with Gasteiger partial charge in [0.1, 0.15) is 0 Å². The zero-order valence-corrected chi connectivity index (χ0v) is 15.9. The summed E-state index contributed by atoms with van der Waals surface area (Å²) in [6, 6.07) is 11.8. The van der Waals surface area contributed by atoms with Crippen LogP contribution in [-0.4, -0.2) is 26.8 Å². The minimum absolute atomic E-state index is 0.0214. The van der Waals surface area contributed by atoms with Crippen LogP contribution in [0.5, 0.6) is 0 Å². The van der Waals surface area contributed by atoms with Crippen molar-refractivity contribution in [1.29, 1.82) is 0 Å². The van der Waals surface area contributed by atoms with Gasteiger partial charge in [0.2, 0.25) is 21.8 Å². The Morgan fingerprint density at radius 2 is 1.93 bits per heavy atom. The summed E-state index contributed by atoms with van der Waals surface area (Å²) in [6.07, 6.45) is 0.144. The van der Waals surface area contributed by atoms with Crippen molar-refractivity contribution in [2.24, 2.45) is 0 Å². The van der Waals surface area contributed by atoms with Crippen molar-refractivity contribution in [3.8, 4) is 0 Å². The number of hydrogen-bond donors (Lipinski definition) is 3. The van der Waals surface area contributed by atoms with Gasteiger partial charge in [-0.15, -0.1) is 0 Å². The van der Waals surface area contributed by atoms with E-state index in [1.807, 2.05) is 32.0 Å². The van der Waals surface area contributed by atoms with Crippen molar-refractivity contribution in [3.63, 3.8) is 0 Å². The molecule has 0 saturated carbocycles. The Hall–Kier alpha value is -2.71. The number of amides is 2. The first-order chi connectivity index (χ1) is 12.8. The Balaban J connectivity index is 1.67. The largest absolute Gasteiger partial charge is 0.326 e. The van der Waals surface area contributed by atoms with Crippen LogP contribution in [0, 0.1) is 0 Å². The zero-order chi connectivity index (χ0) is 19.6. The van der Waals surface area contributed by atoms with Crippen LogP contribution in [0.15, 0.2) is 47.4 Å². The van der Waals surface area contributed by atoms with E-state index >= 15 is 0 Å². The van der Waals surface area contributed by atoms with Crippen LogP contribution in [0.1, 0.15) is 30.9 Å². The molecule has 8 heteroatoms. The number of para-hydroxylation sites is 1. The second kappa shape index (κ2) is 7.50. The van der Waals surface area contributed by atoms with E-state index in [-0.39, 0.29) is 29.7 Å². The lowest BCUT2D eigenvalue weighted by Gasteiger charge is -2.14. The highest BCUT2D eigenvalue weighted by atomic mass is 32.2. The Kier molecular flexibility index (Phi) is 5.29. The highest BCUT2D eigenvalue weighted by molar-refractivity contribution is 7.89. The van der Waals surface area contributed by atoms with E-state index in [1.54, 1.807) is 12.1 Å². The molecule has 0 radical (unpaired) electrons. The molecule has 0 atom stereocenters. The maximum Gasteiger partial charge on any atom is 0.241 e. The molecule has 2 aromatic rings. The lowest BCUT2D eigenvalue weighted by molar-refractivity contribution is -0.115. The van der Waals surface area contributed by atoms with Gasteiger partial charge in [-0.25, -0.2) is 13.1 Å². The summed E-state index contributed by atoms with van der Waals surface area (Å²) >= 11 is 0. The van der Waals surface area contributed by atoms with E-state index in [1.165, 1.54) is 12.1 Å². The number of rotatable bonds is 6. The number of anilines is 2.